The van der Waals surface area contributed by atoms with Crippen molar-refractivity contribution in [3.63, 3.8) is 0 Å². The maximum absolute atomic E-state index is 11.9. The Bertz CT molecular complexity index is 441. The number of pyridine rings is 1. The van der Waals surface area contributed by atoms with Crippen LogP contribution in [0.2, 0.25) is 0 Å². The van der Waals surface area contributed by atoms with E-state index in [4.69, 9.17) is 4.74 Å². The Morgan fingerprint density at radius 1 is 1.65 bits per heavy atom. The van der Waals surface area contributed by atoms with Gasteiger partial charge < -0.3 is 9.64 Å². The molecule has 2 rings (SSSR count). The summed E-state index contributed by atoms with van der Waals surface area (Å²) in [4.78, 5) is 17.8. The van der Waals surface area contributed by atoms with Crippen molar-refractivity contribution in [2.24, 2.45) is 5.92 Å². The molecular formula is C11H13BrN2O2S. The molecule has 1 unspecified atom stereocenters. The minimum atomic E-state index is 0.103. The van der Waals surface area contributed by atoms with Crippen LogP contribution in [0.4, 0.5) is 5.69 Å². The average molecular weight is 317 g/mol. The first kappa shape index (κ1) is 12.7. The van der Waals surface area contributed by atoms with Crippen molar-refractivity contribution in [2.45, 2.75) is 6.42 Å². The van der Waals surface area contributed by atoms with Gasteiger partial charge in [0.2, 0.25) is 11.8 Å². The number of anilines is 1. The van der Waals surface area contributed by atoms with Crippen LogP contribution in [0.15, 0.2) is 16.7 Å². The molecule has 1 fully saturated rings. The van der Waals surface area contributed by atoms with Crippen LogP contribution in [-0.2, 0) is 4.79 Å². The van der Waals surface area contributed by atoms with Gasteiger partial charge in [0, 0.05) is 13.0 Å². The van der Waals surface area contributed by atoms with Gasteiger partial charge in [0.1, 0.15) is 10.3 Å². The zero-order valence-electron chi connectivity index (χ0n) is 9.39. The van der Waals surface area contributed by atoms with Gasteiger partial charge in [-0.05, 0) is 39.7 Å². The van der Waals surface area contributed by atoms with Gasteiger partial charge in [-0.3, -0.25) is 4.79 Å². The minimum Gasteiger partial charge on any atom is -0.479 e. The predicted octanol–water partition coefficient (Wildman–Crippen LogP) is 2.14. The van der Waals surface area contributed by atoms with Gasteiger partial charge in [-0.1, -0.05) is 0 Å². The van der Waals surface area contributed by atoms with E-state index in [0.29, 0.717) is 35.1 Å². The number of rotatable bonds is 3. The minimum absolute atomic E-state index is 0.103. The number of carbonyl (C=O) groups excluding carboxylic acids is 1. The summed E-state index contributed by atoms with van der Waals surface area (Å²) in [6.07, 6.45) is 0.544. The first-order chi connectivity index (χ1) is 8.15. The normalized spacial score (nSPS) is 19.8. The lowest BCUT2D eigenvalue weighted by Gasteiger charge is -2.18. The fraction of sp³-hybridized carbons (Fsp3) is 0.455. The van der Waals surface area contributed by atoms with E-state index in [2.05, 4.69) is 33.5 Å². The Labute approximate surface area is 114 Å². The number of ether oxygens (including phenoxy) is 1. The zero-order valence-corrected chi connectivity index (χ0v) is 11.9. The van der Waals surface area contributed by atoms with E-state index < -0.39 is 0 Å². The number of aromatic nitrogens is 1. The van der Waals surface area contributed by atoms with Crippen LogP contribution in [0.25, 0.3) is 0 Å². The topological polar surface area (TPSA) is 42.4 Å². The van der Waals surface area contributed by atoms with E-state index in [9.17, 15) is 4.79 Å². The second-order valence-electron chi connectivity index (χ2n) is 3.92. The van der Waals surface area contributed by atoms with Gasteiger partial charge in [-0.15, -0.1) is 0 Å². The van der Waals surface area contributed by atoms with E-state index in [1.807, 2.05) is 6.07 Å². The summed E-state index contributed by atoms with van der Waals surface area (Å²) in [7, 11) is 1.55. The van der Waals surface area contributed by atoms with E-state index in [0.717, 1.165) is 5.69 Å². The van der Waals surface area contributed by atoms with Gasteiger partial charge >= 0.3 is 0 Å². The summed E-state index contributed by atoms with van der Waals surface area (Å²) in [6.45, 7) is 0.683. The van der Waals surface area contributed by atoms with Crippen molar-refractivity contribution in [2.75, 3.05) is 24.3 Å². The summed E-state index contributed by atoms with van der Waals surface area (Å²) in [5.74, 6) is 1.59. The Morgan fingerprint density at radius 2 is 2.41 bits per heavy atom. The molecule has 17 heavy (non-hydrogen) atoms. The third-order valence-corrected chi connectivity index (χ3v) is 3.71. The molecule has 6 heteroatoms. The highest BCUT2D eigenvalue weighted by molar-refractivity contribution is 9.10. The van der Waals surface area contributed by atoms with Gasteiger partial charge in [-0.25, -0.2) is 4.98 Å². The molecule has 0 spiro atoms. The summed E-state index contributed by atoms with van der Waals surface area (Å²) in [6, 6.07) is 3.65. The molecule has 1 saturated heterocycles. The van der Waals surface area contributed by atoms with Crippen molar-refractivity contribution >= 4 is 40.2 Å². The number of hydrogen-bond donors (Lipinski definition) is 1. The largest absolute Gasteiger partial charge is 0.479 e. The second kappa shape index (κ2) is 5.27. The van der Waals surface area contributed by atoms with Crippen molar-refractivity contribution in [1.29, 1.82) is 0 Å². The van der Waals surface area contributed by atoms with E-state index >= 15 is 0 Å². The highest BCUT2D eigenvalue weighted by Gasteiger charge is 2.31. The lowest BCUT2D eigenvalue weighted by molar-refractivity contribution is -0.117. The van der Waals surface area contributed by atoms with Crippen LogP contribution >= 0.6 is 28.6 Å². The molecule has 2 heterocycles. The SMILES string of the molecule is COc1nc(Br)ccc1N1CC(CS)CC1=O. The molecule has 1 amide bonds. The van der Waals surface area contributed by atoms with Gasteiger partial charge in [0.25, 0.3) is 0 Å². The molecular weight excluding hydrogens is 304 g/mol. The standard InChI is InChI=1S/C11H13BrN2O2S/c1-16-11-8(2-3-9(12)13-11)14-5-7(6-17)4-10(14)15/h2-3,7,17H,4-6H2,1H3. The Balaban J connectivity index is 2.31. The number of nitrogens with zero attached hydrogens (tertiary/aromatic N) is 2. The van der Waals surface area contributed by atoms with Gasteiger partial charge in [0.15, 0.2) is 0 Å². The molecule has 1 aromatic rings. The van der Waals surface area contributed by atoms with Crippen LogP contribution < -0.4 is 9.64 Å². The molecule has 1 aromatic heterocycles. The molecule has 1 atom stereocenters. The van der Waals surface area contributed by atoms with Gasteiger partial charge in [-0.2, -0.15) is 12.6 Å². The predicted molar refractivity (Wildman–Crippen MR) is 72.8 cm³/mol. The molecule has 1 aliphatic heterocycles. The van der Waals surface area contributed by atoms with Crippen molar-refractivity contribution < 1.29 is 9.53 Å². The van der Waals surface area contributed by atoms with Crippen molar-refractivity contribution in [1.82, 2.24) is 4.98 Å². The molecule has 0 radical (unpaired) electrons. The van der Waals surface area contributed by atoms with E-state index in [-0.39, 0.29) is 5.91 Å². The Hall–Kier alpha value is -0.750. The van der Waals surface area contributed by atoms with Crippen LogP contribution in [0.1, 0.15) is 6.42 Å². The molecule has 0 aromatic carbocycles. The van der Waals surface area contributed by atoms with Crippen LogP contribution in [0, 0.1) is 5.92 Å². The van der Waals surface area contributed by atoms with Crippen LogP contribution in [-0.4, -0.2) is 30.3 Å². The van der Waals surface area contributed by atoms with Crippen molar-refractivity contribution in [3.05, 3.63) is 16.7 Å². The highest BCUT2D eigenvalue weighted by atomic mass is 79.9. The molecule has 0 aliphatic carbocycles. The highest BCUT2D eigenvalue weighted by Crippen LogP contribution is 2.32. The number of hydrogen-bond acceptors (Lipinski definition) is 4. The lowest BCUT2D eigenvalue weighted by atomic mass is 10.1. The van der Waals surface area contributed by atoms with Crippen LogP contribution in [0.3, 0.4) is 0 Å². The van der Waals surface area contributed by atoms with E-state index in [1.54, 1.807) is 18.1 Å². The number of halogens is 1. The maximum atomic E-state index is 11.9. The van der Waals surface area contributed by atoms with E-state index in [1.165, 1.54) is 0 Å². The smallest absolute Gasteiger partial charge is 0.238 e. The third kappa shape index (κ3) is 2.57. The monoisotopic (exact) mass is 316 g/mol. The first-order valence-corrected chi connectivity index (χ1v) is 6.70. The molecule has 0 saturated carbocycles. The van der Waals surface area contributed by atoms with Crippen LogP contribution in [0.5, 0.6) is 5.88 Å². The zero-order chi connectivity index (χ0) is 12.4. The number of thiol groups is 1. The van der Waals surface area contributed by atoms with Crippen molar-refractivity contribution in [3.8, 4) is 5.88 Å². The number of amides is 1. The number of methoxy groups -OCH3 is 1. The molecule has 1 aliphatic rings. The first-order valence-electron chi connectivity index (χ1n) is 5.27. The molecule has 0 N–H and O–H groups in total. The fourth-order valence-electron chi connectivity index (χ4n) is 1.90. The third-order valence-electron chi connectivity index (χ3n) is 2.75. The Morgan fingerprint density at radius 3 is 3.00 bits per heavy atom. The lowest BCUT2D eigenvalue weighted by Crippen LogP contribution is -2.25. The summed E-state index contributed by atoms with van der Waals surface area (Å²) < 4.78 is 5.89. The summed E-state index contributed by atoms with van der Waals surface area (Å²) in [5, 5.41) is 0. The molecule has 0 bridgehead atoms. The fourth-order valence-corrected chi connectivity index (χ4v) is 2.44. The average Bonchev–Trinajstić information content (AvgIpc) is 2.70. The second-order valence-corrected chi connectivity index (χ2v) is 5.10. The quantitative estimate of drug-likeness (QED) is 0.686. The Kier molecular flexibility index (Phi) is 3.93. The maximum Gasteiger partial charge on any atom is 0.238 e. The summed E-state index contributed by atoms with van der Waals surface area (Å²) >= 11 is 7.52. The molecule has 92 valence electrons. The molecule has 4 nitrogen and oxygen atoms in total. The van der Waals surface area contributed by atoms with Gasteiger partial charge in [0.05, 0.1) is 7.11 Å². The summed E-state index contributed by atoms with van der Waals surface area (Å²) in [5.41, 5.74) is 0.727. The number of carbonyl (C=O) groups is 1.